The SMILES string of the molecule is Bc1c(B)c(B)c2c(c1B)c1c(B)c(B)c(B)c(B)c1n2-c1cc(-c2ccccc2)c2oc3cc(-c4nc(-c5ccccc5)nc(-c5ccccc5)n4)ccc3c2c1. The summed E-state index contributed by atoms with van der Waals surface area (Å²) in [4.78, 5) is 15.0. The molecule has 3 aromatic heterocycles. The molecule has 0 saturated heterocycles. The van der Waals surface area contributed by atoms with Gasteiger partial charge in [-0.05, 0) is 40.6 Å². The summed E-state index contributed by atoms with van der Waals surface area (Å²) in [7, 11) is 18.3. The van der Waals surface area contributed by atoms with E-state index in [1.165, 1.54) is 65.5 Å². The zero-order valence-electron chi connectivity index (χ0n) is 34.2. The molecule has 0 radical (unpaired) electrons. The third kappa shape index (κ3) is 5.47. The van der Waals surface area contributed by atoms with Crippen LogP contribution in [0.4, 0.5) is 0 Å². The van der Waals surface area contributed by atoms with Gasteiger partial charge in [-0.3, -0.25) is 0 Å². The summed E-state index contributed by atoms with van der Waals surface area (Å²) in [5.74, 6) is 1.85. The maximum absolute atomic E-state index is 6.95. The summed E-state index contributed by atoms with van der Waals surface area (Å²) in [6.45, 7) is 0. The van der Waals surface area contributed by atoms with Crippen LogP contribution in [-0.2, 0) is 0 Å². The number of rotatable bonds is 5. The van der Waals surface area contributed by atoms with Crippen molar-refractivity contribution < 1.29 is 4.42 Å². The average molecular weight is 735 g/mol. The highest BCUT2D eigenvalue weighted by Crippen LogP contribution is 2.40. The number of benzene rings is 7. The first kappa shape index (κ1) is 36.0. The van der Waals surface area contributed by atoms with Crippen molar-refractivity contribution in [3.05, 3.63) is 121 Å². The van der Waals surface area contributed by atoms with Gasteiger partial charge in [0.15, 0.2) is 17.5 Å². The lowest BCUT2D eigenvalue weighted by molar-refractivity contribution is 0.670. The van der Waals surface area contributed by atoms with Crippen LogP contribution in [0, 0.1) is 0 Å². The molecule has 58 heavy (non-hydrogen) atoms. The molecule has 13 heteroatoms. The minimum Gasteiger partial charge on any atom is -0.455 e. The van der Waals surface area contributed by atoms with Crippen LogP contribution >= 0.6 is 0 Å². The van der Waals surface area contributed by atoms with Crippen LogP contribution in [0.15, 0.2) is 126 Å². The molecule has 3 heterocycles. The first-order valence-electron chi connectivity index (χ1n) is 20.0. The maximum atomic E-state index is 6.95. The standard InChI is InChI=1S/C45H36B8N4O/c46-32-30-31-33(47)35(49)37(51)39(53)41(31)57(40(30)38(52)36(50)34(32)48)25-19-27(21-10-4-1-5-11-21)42-28(20-25)26-17-16-24(18-29(26)58-42)45-55-43(22-12-6-2-7-13-22)54-44(56-45)23-14-8-3-9-15-23/h1-20H,46-53H2. The van der Waals surface area contributed by atoms with Crippen LogP contribution in [0.1, 0.15) is 0 Å². The van der Waals surface area contributed by atoms with Gasteiger partial charge in [-0.1, -0.05) is 130 Å². The van der Waals surface area contributed by atoms with Crippen molar-refractivity contribution in [3.63, 3.8) is 0 Å². The molecule has 0 amide bonds. The van der Waals surface area contributed by atoms with Crippen molar-refractivity contribution in [2.24, 2.45) is 0 Å². The Morgan fingerprint density at radius 3 is 1.34 bits per heavy atom. The van der Waals surface area contributed by atoms with Crippen LogP contribution in [0.3, 0.4) is 0 Å². The van der Waals surface area contributed by atoms with E-state index in [2.05, 4.69) is 128 Å². The number of furan rings is 1. The molecule has 0 aliphatic heterocycles. The largest absolute Gasteiger partial charge is 0.455 e. The predicted molar refractivity (Wildman–Crippen MR) is 269 cm³/mol. The fourth-order valence-corrected chi connectivity index (χ4v) is 9.03. The summed E-state index contributed by atoms with van der Waals surface area (Å²) in [6, 6.07) is 41.8. The Kier molecular flexibility index (Phi) is 8.49. The first-order valence-corrected chi connectivity index (χ1v) is 20.0. The van der Waals surface area contributed by atoms with Crippen LogP contribution in [0.5, 0.6) is 0 Å². The molecule has 7 aromatic carbocycles. The van der Waals surface area contributed by atoms with Gasteiger partial charge >= 0.3 is 0 Å². The Hall–Kier alpha value is -6.33. The van der Waals surface area contributed by atoms with Crippen molar-refractivity contribution >= 4 is 150 Å². The predicted octanol–water partition coefficient (Wildman–Crippen LogP) is -2.40. The molecule has 0 fully saturated rings. The minimum absolute atomic E-state index is 0.595. The smallest absolute Gasteiger partial charge is 0.164 e. The Bertz CT molecular complexity index is 3180. The van der Waals surface area contributed by atoms with Crippen molar-refractivity contribution in [3.8, 4) is 51.0 Å². The maximum Gasteiger partial charge on any atom is 0.164 e. The lowest BCUT2D eigenvalue weighted by Gasteiger charge is -2.18. The van der Waals surface area contributed by atoms with Crippen LogP contribution in [-0.4, -0.2) is 82.3 Å². The molecular weight excluding hydrogens is 699 g/mol. The van der Waals surface area contributed by atoms with E-state index < -0.39 is 0 Å². The Morgan fingerprint density at radius 1 is 0.397 bits per heavy atom. The van der Waals surface area contributed by atoms with Gasteiger partial charge < -0.3 is 8.98 Å². The van der Waals surface area contributed by atoms with E-state index in [9.17, 15) is 0 Å². The van der Waals surface area contributed by atoms with E-state index in [0.29, 0.717) is 17.5 Å². The Labute approximate surface area is 345 Å². The number of aromatic nitrogens is 4. The van der Waals surface area contributed by atoms with Crippen LogP contribution in [0.25, 0.3) is 94.7 Å². The number of nitrogens with zero attached hydrogens (tertiary/aromatic N) is 4. The number of hydrogen-bond acceptors (Lipinski definition) is 4. The zero-order chi connectivity index (χ0) is 40.0. The third-order valence-electron chi connectivity index (χ3n) is 12.9. The van der Waals surface area contributed by atoms with E-state index in [0.717, 1.165) is 55.4 Å². The highest BCUT2D eigenvalue weighted by atomic mass is 16.3. The van der Waals surface area contributed by atoms with E-state index in [-0.39, 0.29) is 0 Å². The molecular formula is C45H36B8N4O. The van der Waals surface area contributed by atoms with Crippen molar-refractivity contribution in [1.29, 1.82) is 0 Å². The van der Waals surface area contributed by atoms with Gasteiger partial charge in [0.25, 0.3) is 0 Å². The average Bonchev–Trinajstić information content (AvgIpc) is 3.83. The van der Waals surface area contributed by atoms with Crippen molar-refractivity contribution in [2.75, 3.05) is 0 Å². The summed E-state index contributed by atoms with van der Waals surface area (Å²) >= 11 is 0. The lowest BCUT2D eigenvalue weighted by atomic mass is 9.63. The highest BCUT2D eigenvalue weighted by Gasteiger charge is 2.25. The highest BCUT2D eigenvalue weighted by molar-refractivity contribution is 6.71. The molecule has 0 N–H and O–H groups in total. The zero-order valence-corrected chi connectivity index (χ0v) is 34.2. The normalized spacial score (nSPS) is 11.7. The summed E-state index contributed by atoms with van der Waals surface area (Å²) < 4.78 is 9.50. The second-order valence-corrected chi connectivity index (χ2v) is 15.9. The van der Waals surface area contributed by atoms with Gasteiger partial charge in [-0.2, -0.15) is 0 Å². The van der Waals surface area contributed by atoms with Crippen molar-refractivity contribution in [1.82, 2.24) is 19.5 Å². The molecule has 0 bridgehead atoms. The second kappa shape index (κ2) is 13.7. The van der Waals surface area contributed by atoms with E-state index >= 15 is 0 Å². The minimum atomic E-state index is 0.595. The number of hydrogen-bond donors (Lipinski definition) is 0. The molecule has 10 aromatic rings. The van der Waals surface area contributed by atoms with E-state index in [1.54, 1.807) is 0 Å². The molecule has 10 rings (SSSR count). The van der Waals surface area contributed by atoms with Gasteiger partial charge in [0, 0.05) is 49.7 Å². The fraction of sp³-hybridized carbons (Fsp3) is 0. The molecule has 0 aliphatic rings. The topological polar surface area (TPSA) is 56.7 Å². The fourth-order valence-electron chi connectivity index (χ4n) is 9.03. The van der Waals surface area contributed by atoms with Gasteiger partial charge in [0.05, 0.1) is 0 Å². The van der Waals surface area contributed by atoms with Gasteiger partial charge in [-0.25, -0.2) is 15.0 Å². The molecule has 266 valence electrons. The third-order valence-corrected chi connectivity index (χ3v) is 12.9. The quantitative estimate of drug-likeness (QED) is 0.186. The van der Waals surface area contributed by atoms with Gasteiger partial charge in [0.2, 0.25) is 0 Å². The van der Waals surface area contributed by atoms with Crippen molar-refractivity contribution in [2.45, 2.75) is 0 Å². The molecule has 0 aliphatic carbocycles. The van der Waals surface area contributed by atoms with E-state index in [4.69, 9.17) is 19.4 Å². The summed E-state index contributed by atoms with van der Waals surface area (Å²) in [5.41, 5.74) is 20.9. The molecule has 0 spiro atoms. The molecule has 0 saturated carbocycles. The Balaban J connectivity index is 1.26. The molecule has 0 atom stereocenters. The monoisotopic (exact) mass is 736 g/mol. The molecule has 0 unspecified atom stereocenters. The Morgan fingerprint density at radius 2 is 0.845 bits per heavy atom. The summed E-state index contributed by atoms with van der Waals surface area (Å²) in [5, 5.41) is 4.81. The summed E-state index contributed by atoms with van der Waals surface area (Å²) in [6.07, 6.45) is 0. The number of fused-ring (bicyclic) bond motifs is 6. The second-order valence-electron chi connectivity index (χ2n) is 15.9. The first-order chi connectivity index (χ1) is 28.1. The van der Waals surface area contributed by atoms with Gasteiger partial charge in [0.1, 0.15) is 73.9 Å². The van der Waals surface area contributed by atoms with Gasteiger partial charge in [-0.15, -0.1) is 10.9 Å². The van der Waals surface area contributed by atoms with Crippen LogP contribution < -0.4 is 43.7 Å². The lowest BCUT2D eigenvalue weighted by Crippen LogP contribution is -2.49. The van der Waals surface area contributed by atoms with Crippen LogP contribution in [0.2, 0.25) is 0 Å². The van der Waals surface area contributed by atoms with E-state index in [1.807, 2.05) is 60.7 Å². The molecule has 5 nitrogen and oxygen atoms in total.